The van der Waals surface area contributed by atoms with Crippen LogP contribution in [0.2, 0.25) is 0 Å². The highest BCUT2D eigenvalue weighted by atomic mass is 32.2. The lowest BCUT2D eigenvalue weighted by molar-refractivity contribution is -0.137. The van der Waals surface area contributed by atoms with Crippen LogP contribution in [-0.2, 0) is 29.8 Å². The van der Waals surface area contributed by atoms with E-state index in [1.54, 1.807) is 5.43 Å². The van der Waals surface area contributed by atoms with Gasteiger partial charge in [-0.15, -0.1) is 0 Å². The highest BCUT2D eigenvalue weighted by Gasteiger charge is 2.32. The van der Waals surface area contributed by atoms with Crippen molar-refractivity contribution < 1.29 is 59.7 Å². The van der Waals surface area contributed by atoms with Crippen molar-refractivity contribution in [3.05, 3.63) is 58.9 Å². The molecule has 1 aliphatic heterocycles. The first-order valence-electron chi connectivity index (χ1n) is 12.6. The fourth-order valence-electron chi connectivity index (χ4n) is 4.76. The molecule has 0 radical (unpaired) electrons. The van der Waals surface area contributed by atoms with Gasteiger partial charge < -0.3 is 25.7 Å². The van der Waals surface area contributed by atoms with E-state index in [1.807, 2.05) is 0 Å². The number of benzene rings is 3. The van der Waals surface area contributed by atoms with Crippen molar-refractivity contribution >= 4 is 60.6 Å². The van der Waals surface area contributed by atoms with Gasteiger partial charge >= 0.3 is 11.9 Å². The molecular formula is C26H23N5O13S2. The number of rotatable bonds is 10. The van der Waals surface area contributed by atoms with E-state index >= 15 is 0 Å². The molecule has 1 atom stereocenters. The van der Waals surface area contributed by atoms with Crippen LogP contribution in [0.4, 0.5) is 5.69 Å². The van der Waals surface area contributed by atoms with Gasteiger partial charge in [0, 0.05) is 28.5 Å². The lowest BCUT2D eigenvalue weighted by Gasteiger charge is -2.20. The average Bonchev–Trinajstić information content (AvgIpc) is 2.95. The molecule has 0 spiro atoms. The second kappa shape index (κ2) is 12.2. The van der Waals surface area contributed by atoms with Gasteiger partial charge in [0.15, 0.2) is 21.1 Å². The van der Waals surface area contributed by atoms with E-state index in [1.165, 1.54) is 6.07 Å². The zero-order valence-corrected chi connectivity index (χ0v) is 24.6. The standard InChI is InChI=1S/C26H23N5O13S2/c27-15-5-3-12-19(13-4-6-16(28)23(46(41,42)43)21(13)44-20(12)22(15)45(38,39)40)11-2-1-10(9-14(11)26(36)37)24(34)30-17(25(35)31-29)7-8-18(32)33/h1-6,9,17,27H,7-8,28-29H2,(H,30,34)(H,31,35)(H,32,33)(H,36,37)(H,38,39,40)(H,41,42,43). The summed E-state index contributed by atoms with van der Waals surface area (Å²) < 4.78 is 74.7. The minimum absolute atomic E-state index is 0.221. The molecule has 0 saturated heterocycles. The van der Waals surface area contributed by atoms with Crippen LogP contribution in [0.5, 0.6) is 0 Å². The summed E-state index contributed by atoms with van der Waals surface area (Å²) in [7, 11) is -10.4. The molecule has 1 unspecified atom stereocenters. The van der Waals surface area contributed by atoms with Gasteiger partial charge in [-0.2, -0.15) is 16.8 Å². The van der Waals surface area contributed by atoms with Crippen LogP contribution in [0, 0.1) is 5.41 Å². The number of hydrazine groups is 1. The Labute approximate surface area is 257 Å². The number of nitrogens with one attached hydrogen (secondary N) is 3. The summed E-state index contributed by atoms with van der Waals surface area (Å²) in [6, 6.07) is 5.94. The number of nitrogen functional groups attached to an aromatic ring is 1. The lowest BCUT2D eigenvalue weighted by atomic mass is 9.89. The van der Waals surface area contributed by atoms with Crippen LogP contribution >= 0.6 is 0 Å². The molecule has 46 heavy (non-hydrogen) atoms. The van der Waals surface area contributed by atoms with E-state index in [0.29, 0.717) is 0 Å². The van der Waals surface area contributed by atoms with E-state index < -0.39 is 94.2 Å². The maximum Gasteiger partial charge on any atom is 0.336 e. The van der Waals surface area contributed by atoms with Crippen molar-refractivity contribution in [1.29, 1.82) is 5.41 Å². The molecule has 0 fully saturated rings. The summed E-state index contributed by atoms with van der Waals surface area (Å²) in [4.78, 5) is 46.5. The molecule has 20 heteroatoms. The maximum absolute atomic E-state index is 13.0. The lowest BCUT2D eigenvalue weighted by Crippen LogP contribution is -2.49. The smallest absolute Gasteiger partial charge is 0.336 e. The highest BCUT2D eigenvalue weighted by molar-refractivity contribution is 7.86. The SMILES string of the molecule is N=c1ccc2c(-c3ccc(C(=O)NC(CCC(=O)O)C(=O)NN)cc3C(=O)O)c3ccc(N)c(S(=O)(=O)O)c3oc-2c1S(=O)(=O)O. The number of aromatic carboxylic acids is 1. The van der Waals surface area contributed by atoms with Gasteiger partial charge in [0.05, 0.1) is 16.6 Å². The Morgan fingerprint density at radius 3 is 2.11 bits per heavy atom. The molecule has 2 aromatic rings. The predicted molar refractivity (Wildman–Crippen MR) is 156 cm³/mol. The summed E-state index contributed by atoms with van der Waals surface area (Å²) >= 11 is 0. The Kier molecular flexibility index (Phi) is 8.86. The molecule has 18 nitrogen and oxygen atoms in total. The van der Waals surface area contributed by atoms with Crippen LogP contribution < -0.4 is 27.7 Å². The van der Waals surface area contributed by atoms with Crippen molar-refractivity contribution in [1.82, 2.24) is 10.7 Å². The largest absolute Gasteiger partial charge is 0.481 e. The number of hydrogen-bond acceptors (Lipinski definition) is 12. The zero-order chi connectivity index (χ0) is 34.3. The van der Waals surface area contributed by atoms with Gasteiger partial charge in [0.2, 0.25) is 0 Å². The molecule has 11 N–H and O–H groups in total. The number of anilines is 1. The molecule has 1 aliphatic carbocycles. The number of carbonyl (C=O) groups is 4. The molecule has 0 aromatic heterocycles. The first kappa shape index (κ1) is 33.5. The van der Waals surface area contributed by atoms with E-state index in [0.717, 1.165) is 36.4 Å². The van der Waals surface area contributed by atoms with Gasteiger partial charge in [0.1, 0.15) is 6.04 Å². The molecule has 4 rings (SSSR count). The van der Waals surface area contributed by atoms with E-state index in [4.69, 9.17) is 26.5 Å². The third-order valence-electron chi connectivity index (χ3n) is 6.71. The Hall–Kier alpha value is -5.41. The third kappa shape index (κ3) is 6.36. The highest BCUT2D eigenvalue weighted by Crippen LogP contribution is 2.45. The quantitative estimate of drug-likeness (QED) is 0.0274. The second-order valence-corrected chi connectivity index (χ2v) is 12.4. The number of aliphatic carboxylic acids is 1. The fourth-order valence-corrected chi connectivity index (χ4v) is 6.24. The van der Waals surface area contributed by atoms with Gasteiger partial charge in [-0.1, -0.05) is 6.07 Å². The summed E-state index contributed by atoms with van der Waals surface area (Å²) in [5, 5.41) is 28.4. The van der Waals surface area contributed by atoms with Crippen molar-refractivity contribution in [3.63, 3.8) is 0 Å². The van der Waals surface area contributed by atoms with Crippen LogP contribution in [-0.4, -0.2) is 65.9 Å². The van der Waals surface area contributed by atoms with Crippen LogP contribution in [0.25, 0.3) is 33.4 Å². The maximum atomic E-state index is 13.0. The molecule has 1 heterocycles. The van der Waals surface area contributed by atoms with Gasteiger partial charge in [-0.25, -0.2) is 10.6 Å². The monoisotopic (exact) mass is 677 g/mol. The van der Waals surface area contributed by atoms with Crippen molar-refractivity contribution in [2.24, 2.45) is 5.84 Å². The number of carboxylic acids is 2. The Morgan fingerprint density at radius 2 is 1.54 bits per heavy atom. The number of fused-ring (bicyclic) bond motifs is 2. The van der Waals surface area contributed by atoms with Crippen molar-refractivity contribution in [3.8, 4) is 22.5 Å². The van der Waals surface area contributed by atoms with E-state index in [-0.39, 0.29) is 34.1 Å². The number of carboxylic acid groups (broad SMARTS) is 2. The number of carbonyl (C=O) groups excluding carboxylic acids is 2. The summed E-state index contributed by atoms with van der Waals surface area (Å²) in [6.45, 7) is 0. The minimum atomic E-state index is -5.23. The number of hydrogen-bond donors (Lipinski definition) is 9. The van der Waals surface area contributed by atoms with Gasteiger partial charge in [-0.3, -0.25) is 34.3 Å². The Bertz CT molecular complexity index is 2210. The third-order valence-corrected chi connectivity index (χ3v) is 8.56. The van der Waals surface area contributed by atoms with E-state index in [2.05, 4.69) is 5.32 Å². The van der Waals surface area contributed by atoms with E-state index in [9.17, 15) is 50.2 Å². The zero-order valence-electron chi connectivity index (χ0n) is 23.0. The second-order valence-electron chi connectivity index (χ2n) is 9.64. The molecule has 2 amide bonds. The molecule has 0 saturated carbocycles. The van der Waals surface area contributed by atoms with Crippen LogP contribution in [0.1, 0.15) is 33.6 Å². The van der Waals surface area contributed by atoms with Crippen molar-refractivity contribution in [2.75, 3.05) is 5.73 Å². The van der Waals surface area contributed by atoms with Gasteiger partial charge in [0.25, 0.3) is 32.1 Å². The molecule has 242 valence electrons. The Balaban J connectivity index is 2.06. The molecular weight excluding hydrogens is 654 g/mol. The topological polar surface area (TPSA) is 331 Å². The fraction of sp³-hybridized carbons (Fsp3) is 0.115. The normalized spacial score (nSPS) is 12.5. The summed E-state index contributed by atoms with van der Waals surface area (Å²) in [5.41, 5.74) is 4.58. The summed E-state index contributed by atoms with van der Waals surface area (Å²) in [5.74, 6) is -0.547. The minimum Gasteiger partial charge on any atom is -0.481 e. The molecule has 0 bridgehead atoms. The first-order valence-corrected chi connectivity index (χ1v) is 15.5. The predicted octanol–water partition coefficient (Wildman–Crippen LogP) is 0.411. The van der Waals surface area contributed by atoms with Crippen LogP contribution in [0.15, 0.2) is 56.7 Å². The summed E-state index contributed by atoms with van der Waals surface area (Å²) in [6.07, 6.45) is -0.897. The Morgan fingerprint density at radius 1 is 0.913 bits per heavy atom. The van der Waals surface area contributed by atoms with Gasteiger partial charge in [-0.05, 0) is 48.4 Å². The molecule has 2 aromatic carbocycles. The number of amides is 2. The van der Waals surface area contributed by atoms with Crippen molar-refractivity contribution in [2.45, 2.75) is 28.7 Å². The average molecular weight is 678 g/mol. The first-order chi connectivity index (χ1) is 21.4. The van der Waals surface area contributed by atoms with Crippen LogP contribution in [0.3, 0.4) is 0 Å². The number of nitrogens with two attached hydrogens (primary N) is 2. The molecule has 2 aliphatic rings.